The molecule has 70 valence electrons. The van der Waals surface area contributed by atoms with Crippen LogP contribution in [0.5, 0.6) is 0 Å². The molecular weight excluding hydrogens is 285 g/mol. The second-order valence-corrected chi connectivity index (χ2v) is 14.3. The first-order chi connectivity index (χ1) is 6.20. The van der Waals surface area contributed by atoms with Crippen LogP contribution in [0.2, 0.25) is 14.8 Å². The zero-order valence-corrected chi connectivity index (χ0v) is 12.4. The van der Waals surface area contributed by atoms with E-state index in [1.165, 1.54) is 4.70 Å². The van der Waals surface area contributed by atoms with E-state index in [4.69, 9.17) is 0 Å². The summed E-state index contributed by atoms with van der Waals surface area (Å²) in [6.45, 7) is 0. The summed E-state index contributed by atoms with van der Waals surface area (Å²) >= 11 is 1.04. The third-order valence-corrected chi connectivity index (χ3v) is 2.05. The van der Waals surface area contributed by atoms with Crippen molar-refractivity contribution >= 4 is 41.3 Å². The van der Waals surface area contributed by atoms with Crippen molar-refractivity contribution in [2.75, 3.05) is 0 Å². The summed E-state index contributed by atoms with van der Waals surface area (Å²) in [5.41, 5.74) is 2.97. The molecule has 0 fully saturated rings. The van der Waals surface area contributed by atoms with E-state index in [1.807, 2.05) is 23.7 Å². The molecule has 0 unspecified atom stereocenters. The molecule has 0 saturated carbocycles. The molecule has 0 atom stereocenters. The molecule has 0 spiro atoms. The van der Waals surface area contributed by atoms with Gasteiger partial charge in [-0.25, -0.2) is 4.98 Å². The fraction of sp³-hybridized carbons (Fsp3) is 0.300. The molecule has 0 aliphatic heterocycles. The fourth-order valence-corrected chi connectivity index (χ4v) is 1.48. The summed E-state index contributed by atoms with van der Waals surface area (Å²) in [7, 11) is 0. The van der Waals surface area contributed by atoms with E-state index in [0.717, 1.165) is 5.52 Å². The number of nitrogens with zero attached hydrogens (tertiary/aromatic N) is 1. The van der Waals surface area contributed by atoms with Gasteiger partial charge in [-0.3, -0.25) is 0 Å². The molecule has 1 nitrogen and oxygen atoms in total. The Balaban J connectivity index is 0.000000184. The van der Waals surface area contributed by atoms with E-state index in [1.54, 1.807) is 11.3 Å². The Labute approximate surface area is 90.6 Å². The smallest absolute Gasteiger partial charge is 0.0812 e. The van der Waals surface area contributed by atoms with Crippen LogP contribution < -0.4 is 0 Å². The summed E-state index contributed by atoms with van der Waals surface area (Å²) in [5.74, 6) is 0. The van der Waals surface area contributed by atoms with Gasteiger partial charge in [0.05, 0.1) is 15.7 Å². The van der Waals surface area contributed by atoms with E-state index in [0.29, 0.717) is 0 Å². The van der Waals surface area contributed by atoms with Gasteiger partial charge in [0.15, 0.2) is 0 Å². The molecule has 3 heteroatoms. The summed E-state index contributed by atoms with van der Waals surface area (Å²) in [6, 6.07) is 8.13. The van der Waals surface area contributed by atoms with E-state index in [2.05, 4.69) is 25.9 Å². The predicted octanol–water partition coefficient (Wildman–Crippen LogP) is 3.40. The summed E-state index contributed by atoms with van der Waals surface area (Å²) < 4.78 is 1.26. The number of para-hydroxylation sites is 1. The molecule has 2 aromatic rings. The molecule has 0 bridgehead atoms. The SMILES string of the molecule is [CH3][SnH]([CH3])[CH3].c1ccc2scnc2c1. The van der Waals surface area contributed by atoms with Crippen molar-refractivity contribution in [2.24, 2.45) is 0 Å². The third kappa shape index (κ3) is 4.09. The number of rotatable bonds is 0. The zero-order chi connectivity index (χ0) is 9.68. The Hall–Kier alpha value is -0.0913. The minimum Gasteiger partial charge on any atom is -0.245 e. The number of fused-ring (bicyclic) bond motifs is 1. The Bertz CT molecular complexity index is 323. The van der Waals surface area contributed by atoms with Crippen LogP contribution in [0.25, 0.3) is 10.2 Å². The maximum atomic E-state index is 4.14. The number of hydrogen-bond acceptors (Lipinski definition) is 2. The first kappa shape index (κ1) is 11.0. The van der Waals surface area contributed by atoms with Crippen LogP contribution in [-0.2, 0) is 0 Å². The summed E-state index contributed by atoms with van der Waals surface area (Å²) in [4.78, 5) is 11.3. The van der Waals surface area contributed by atoms with Crippen LogP contribution in [0.15, 0.2) is 29.8 Å². The Morgan fingerprint density at radius 2 is 1.77 bits per heavy atom. The van der Waals surface area contributed by atoms with Gasteiger partial charge in [-0.15, -0.1) is 11.3 Å². The predicted molar refractivity (Wildman–Crippen MR) is 64.4 cm³/mol. The normalized spacial score (nSPS) is 9.85. The number of benzene rings is 1. The first-order valence-corrected chi connectivity index (χ1v) is 15.2. The average Bonchev–Trinajstić information content (AvgIpc) is 2.49. The molecule has 1 aromatic heterocycles. The van der Waals surface area contributed by atoms with E-state index < -0.39 is 19.8 Å². The minimum absolute atomic E-state index is 0.637. The van der Waals surface area contributed by atoms with Gasteiger partial charge in [0.2, 0.25) is 0 Å². The van der Waals surface area contributed by atoms with Crippen LogP contribution >= 0.6 is 11.3 Å². The van der Waals surface area contributed by atoms with Crippen molar-refractivity contribution in [1.82, 2.24) is 4.98 Å². The van der Waals surface area contributed by atoms with E-state index >= 15 is 0 Å². The zero-order valence-electron chi connectivity index (χ0n) is 8.32. The van der Waals surface area contributed by atoms with E-state index in [9.17, 15) is 0 Å². The van der Waals surface area contributed by atoms with Crippen molar-refractivity contribution in [1.29, 1.82) is 0 Å². The van der Waals surface area contributed by atoms with E-state index in [-0.39, 0.29) is 0 Å². The van der Waals surface area contributed by atoms with Crippen molar-refractivity contribution in [2.45, 2.75) is 14.8 Å². The maximum Gasteiger partial charge on any atom is 0.0812 e. The van der Waals surface area contributed by atoms with Crippen molar-refractivity contribution in [3.05, 3.63) is 29.8 Å². The monoisotopic (exact) mass is 301 g/mol. The van der Waals surface area contributed by atoms with Crippen LogP contribution in [0.3, 0.4) is 0 Å². The Morgan fingerprint density at radius 1 is 1.15 bits per heavy atom. The van der Waals surface area contributed by atoms with Gasteiger partial charge < -0.3 is 0 Å². The Morgan fingerprint density at radius 3 is 2.38 bits per heavy atom. The molecule has 13 heavy (non-hydrogen) atoms. The molecule has 0 N–H and O–H groups in total. The van der Waals surface area contributed by atoms with Crippen LogP contribution in [0, 0.1) is 0 Å². The molecule has 0 aliphatic rings. The number of hydrogen-bond donors (Lipinski definition) is 0. The molecule has 2 rings (SSSR count). The Kier molecular flexibility index (Phi) is 4.73. The second-order valence-electron chi connectivity index (χ2n) is 3.55. The topological polar surface area (TPSA) is 12.9 Å². The number of aromatic nitrogens is 1. The van der Waals surface area contributed by atoms with Gasteiger partial charge in [0.1, 0.15) is 0 Å². The largest absolute Gasteiger partial charge is 0.245 e. The average molecular weight is 300 g/mol. The van der Waals surface area contributed by atoms with Gasteiger partial charge in [-0.05, 0) is 12.1 Å². The molecule has 1 heterocycles. The maximum absolute atomic E-state index is 4.14. The molecular formula is C10H15NSSn. The van der Waals surface area contributed by atoms with Crippen LogP contribution in [0.4, 0.5) is 0 Å². The van der Waals surface area contributed by atoms with Crippen molar-refractivity contribution in [3.63, 3.8) is 0 Å². The fourth-order valence-electron chi connectivity index (χ4n) is 0.803. The molecule has 1 aromatic carbocycles. The number of thiazole rings is 1. The molecule has 0 radical (unpaired) electrons. The van der Waals surface area contributed by atoms with Gasteiger partial charge in [0, 0.05) is 0 Å². The standard InChI is InChI=1S/C7H5NS.3CH3.Sn.H/c1-2-4-7-6(3-1)8-5-9-7;;;;;/h1-5H;3*1H3;;. The summed E-state index contributed by atoms with van der Waals surface area (Å²) in [6.07, 6.45) is 0. The summed E-state index contributed by atoms with van der Waals surface area (Å²) in [5, 5.41) is 0. The van der Waals surface area contributed by atoms with Gasteiger partial charge in [-0.1, -0.05) is 12.1 Å². The first-order valence-electron chi connectivity index (χ1n) is 4.48. The van der Waals surface area contributed by atoms with Gasteiger partial charge in [-0.2, -0.15) is 0 Å². The van der Waals surface area contributed by atoms with Crippen LogP contribution in [0.1, 0.15) is 0 Å². The van der Waals surface area contributed by atoms with Gasteiger partial charge >= 0.3 is 34.6 Å². The van der Waals surface area contributed by atoms with Crippen LogP contribution in [-0.4, -0.2) is 24.7 Å². The second kappa shape index (κ2) is 5.60. The van der Waals surface area contributed by atoms with Crippen molar-refractivity contribution in [3.8, 4) is 0 Å². The van der Waals surface area contributed by atoms with Crippen molar-refractivity contribution < 1.29 is 0 Å². The molecule has 0 saturated heterocycles. The minimum atomic E-state index is -0.637. The van der Waals surface area contributed by atoms with Gasteiger partial charge in [0.25, 0.3) is 0 Å². The quantitative estimate of drug-likeness (QED) is 0.680. The third-order valence-electron chi connectivity index (χ3n) is 1.24. The molecule has 0 amide bonds. The molecule has 0 aliphatic carbocycles.